The number of ether oxygens (including phenoxy) is 1. The minimum absolute atomic E-state index is 0.0553. The van der Waals surface area contributed by atoms with E-state index in [-0.39, 0.29) is 22.0 Å². The first kappa shape index (κ1) is 17.9. The number of aromatic carboxylic acids is 1. The number of carbonyl (C=O) groups is 1. The first-order valence-electron chi connectivity index (χ1n) is 7.33. The molecule has 1 atom stereocenters. The number of methoxy groups -OCH3 is 1. The molecule has 7 heteroatoms. The first-order valence-corrected chi connectivity index (χ1v) is 8.77. The Hall–Kier alpha value is -1.44. The van der Waals surface area contributed by atoms with Gasteiger partial charge >= 0.3 is 5.97 Å². The van der Waals surface area contributed by atoms with Gasteiger partial charge < -0.3 is 9.84 Å². The predicted molar refractivity (Wildman–Crippen MR) is 86.0 cm³/mol. The second kappa shape index (κ2) is 5.58. The van der Waals surface area contributed by atoms with Gasteiger partial charge in [-0.25, -0.2) is 13.2 Å². The molecule has 1 aliphatic heterocycles. The van der Waals surface area contributed by atoms with E-state index >= 15 is 0 Å². The van der Waals surface area contributed by atoms with Gasteiger partial charge in [-0.15, -0.1) is 0 Å². The standard InChI is InChI=1S/C16H23NO5S/c1-15(2)10-17(16(3,4)14(15)22-5)23(20,21)12-8-6-11(7-9-12)13(18)19/h6-9,14H,10H2,1-5H3,(H,18,19). The Balaban J connectivity index is 2.45. The molecule has 1 fully saturated rings. The molecule has 0 spiro atoms. The average molecular weight is 341 g/mol. The quantitative estimate of drug-likeness (QED) is 0.908. The van der Waals surface area contributed by atoms with Crippen LogP contribution in [0.25, 0.3) is 0 Å². The Morgan fingerprint density at radius 2 is 1.74 bits per heavy atom. The molecule has 1 aliphatic rings. The SMILES string of the molecule is COC1C(C)(C)CN(S(=O)(=O)c2ccc(C(=O)O)cc2)C1(C)C. The summed E-state index contributed by atoms with van der Waals surface area (Å²) in [5.41, 5.74) is -0.978. The van der Waals surface area contributed by atoms with Crippen LogP contribution in [0.2, 0.25) is 0 Å². The molecule has 23 heavy (non-hydrogen) atoms. The van der Waals surface area contributed by atoms with Crippen LogP contribution in [0.5, 0.6) is 0 Å². The fraction of sp³-hybridized carbons (Fsp3) is 0.562. The summed E-state index contributed by atoms with van der Waals surface area (Å²) in [6, 6.07) is 5.28. The van der Waals surface area contributed by atoms with E-state index in [4.69, 9.17) is 9.84 Å². The van der Waals surface area contributed by atoms with Crippen LogP contribution in [0.4, 0.5) is 0 Å². The number of carboxylic acid groups (broad SMARTS) is 1. The predicted octanol–water partition coefficient (Wildman–Crippen LogP) is 2.21. The molecule has 0 amide bonds. The van der Waals surface area contributed by atoms with Crippen molar-refractivity contribution in [3.05, 3.63) is 29.8 Å². The van der Waals surface area contributed by atoms with Gasteiger partial charge in [0.25, 0.3) is 0 Å². The summed E-state index contributed by atoms with van der Waals surface area (Å²) in [4.78, 5) is 11.0. The molecule has 1 unspecified atom stereocenters. The molecule has 1 N–H and O–H groups in total. The zero-order valence-corrected chi connectivity index (χ0v) is 14.8. The van der Waals surface area contributed by atoms with E-state index in [1.165, 1.54) is 28.6 Å². The van der Waals surface area contributed by atoms with Crippen LogP contribution in [-0.4, -0.2) is 49.1 Å². The van der Waals surface area contributed by atoms with Crippen molar-refractivity contribution in [3.8, 4) is 0 Å². The molecule has 0 saturated carbocycles. The largest absolute Gasteiger partial charge is 0.478 e. The van der Waals surface area contributed by atoms with Crippen LogP contribution in [0.1, 0.15) is 38.1 Å². The molecule has 0 bridgehead atoms. The van der Waals surface area contributed by atoms with Crippen molar-refractivity contribution < 1.29 is 23.1 Å². The number of sulfonamides is 1. The first-order chi connectivity index (χ1) is 10.4. The second-order valence-electron chi connectivity index (χ2n) is 7.10. The van der Waals surface area contributed by atoms with Crippen LogP contribution in [0.15, 0.2) is 29.2 Å². The lowest BCUT2D eigenvalue weighted by Crippen LogP contribution is -2.49. The normalized spacial score (nSPS) is 23.8. The summed E-state index contributed by atoms with van der Waals surface area (Å²) in [5.74, 6) is -1.09. The van der Waals surface area contributed by atoms with Crippen molar-refractivity contribution in [2.75, 3.05) is 13.7 Å². The van der Waals surface area contributed by atoms with Gasteiger partial charge in [0, 0.05) is 19.1 Å². The summed E-state index contributed by atoms with van der Waals surface area (Å²) in [6.45, 7) is 7.98. The minimum atomic E-state index is -3.74. The Morgan fingerprint density at radius 1 is 1.22 bits per heavy atom. The lowest BCUT2D eigenvalue weighted by Gasteiger charge is -2.35. The van der Waals surface area contributed by atoms with Crippen molar-refractivity contribution in [1.82, 2.24) is 4.31 Å². The number of rotatable bonds is 4. The van der Waals surface area contributed by atoms with Crippen molar-refractivity contribution >= 4 is 16.0 Å². The molecular formula is C16H23NO5S. The molecule has 2 rings (SSSR count). The van der Waals surface area contributed by atoms with Gasteiger partial charge in [-0.3, -0.25) is 0 Å². The fourth-order valence-electron chi connectivity index (χ4n) is 3.64. The fourth-order valence-corrected chi connectivity index (χ4v) is 5.60. The van der Waals surface area contributed by atoms with Crippen molar-refractivity contribution in [2.24, 2.45) is 5.41 Å². The molecule has 6 nitrogen and oxygen atoms in total. The highest BCUT2D eigenvalue weighted by Crippen LogP contribution is 2.45. The van der Waals surface area contributed by atoms with E-state index in [2.05, 4.69) is 0 Å². The lowest BCUT2D eigenvalue weighted by molar-refractivity contribution is -0.00745. The lowest BCUT2D eigenvalue weighted by atomic mass is 9.82. The molecule has 0 aliphatic carbocycles. The smallest absolute Gasteiger partial charge is 0.335 e. The van der Waals surface area contributed by atoms with Gasteiger partial charge in [-0.1, -0.05) is 13.8 Å². The van der Waals surface area contributed by atoms with E-state index in [9.17, 15) is 13.2 Å². The highest BCUT2D eigenvalue weighted by molar-refractivity contribution is 7.89. The number of hydrogen-bond donors (Lipinski definition) is 1. The Bertz CT molecular complexity index is 706. The minimum Gasteiger partial charge on any atom is -0.478 e. The Morgan fingerprint density at radius 3 is 2.13 bits per heavy atom. The second-order valence-corrected chi connectivity index (χ2v) is 8.96. The third-order valence-electron chi connectivity index (χ3n) is 4.47. The number of hydrogen-bond acceptors (Lipinski definition) is 4. The van der Waals surface area contributed by atoms with Crippen LogP contribution < -0.4 is 0 Å². The third-order valence-corrected chi connectivity index (χ3v) is 6.52. The Labute approximate surface area is 137 Å². The molecule has 0 radical (unpaired) electrons. The topological polar surface area (TPSA) is 83.9 Å². The molecule has 1 aromatic carbocycles. The monoisotopic (exact) mass is 341 g/mol. The summed E-state index contributed by atoms with van der Waals surface area (Å²) in [7, 11) is -2.15. The summed E-state index contributed by atoms with van der Waals surface area (Å²) < 4.78 is 33.0. The summed E-state index contributed by atoms with van der Waals surface area (Å²) in [6.07, 6.45) is -0.247. The van der Waals surface area contributed by atoms with Crippen molar-refractivity contribution in [2.45, 2.75) is 44.2 Å². The molecule has 1 saturated heterocycles. The zero-order valence-electron chi connectivity index (χ0n) is 14.0. The molecule has 0 aromatic heterocycles. The number of benzene rings is 1. The molecule has 128 valence electrons. The third kappa shape index (κ3) is 2.88. The molecule has 1 heterocycles. The highest BCUT2D eigenvalue weighted by atomic mass is 32.2. The highest BCUT2D eigenvalue weighted by Gasteiger charge is 2.56. The summed E-state index contributed by atoms with van der Waals surface area (Å²) >= 11 is 0. The van der Waals surface area contributed by atoms with E-state index in [0.717, 1.165) is 0 Å². The van der Waals surface area contributed by atoms with Crippen molar-refractivity contribution in [1.29, 1.82) is 0 Å². The van der Waals surface area contributed by atoms with Crippen LogP contribution in [0, 0.1) is 5.41 Å². The van der Waals surface area contributed by atoms with Gasteiger partial charge in [0.05, 0.1) is 22.1 Å². The summed E-state index contributed by atoms with van der Waals surface area (Å²) in [5, 5.41) is 8.93. The maximum atomic E-state index is 13.0. The number of nitrogens with zero attached hydrogens (tertiary/aromatic N) is 1. The maximum absolute atomic E-state index is 13.0. The van der Waals surface area contributed by atoms with E-state index in [1.54, 1.807) is 7.11 Å². The molecule has 1 aromatic rings. The van der Waals surface area contributed by atoms with Gasteiger partial charge in [0.1, 0.15) is 0 Å². The van der Waals surface area contributed by atoms with Crippen molar-refractivity contribution in [3.63, 3.8) is 0 Å². The number of carboxylic acids is 1. The van der Waals surface area contributed by atoms with Crippen LogP contribution in [-0.2, 0) is 14.8 Å². The zero-order chi connectivity index (χ0) is 17.6. The van der Waals surface area contributed by atoms with Crippen LogP contribution >= 0.6 is 0 Å². The van der Waals surface area contributed by atoms with E-state index in [1.807, 2.05) is 27.7 Å². The Kier molecular flexibility index (Phi) is 4.34. The van der Waals surface area contributed by atoms with Gasteiger partial charge in [0.2, 0.25) is 10.0 Å². The molecular weight excluding hydrogens is 318 g/mol. The van der Waals surface area contributed by atoms with Gasteiger partial charge in [-0.2, -0.15) is 4.31 Å². The van der Waals surface area contributed by atoms with Crippen LogP contribution in [0.3, 0.4) is 0 Å². The van der Waals surface area contributed by atoms with Gasteiger partial charge in [-0.05, 0) is 38.1 Å². The van der Waals surface area contributed by atoms with Gasteiger partial charge in [0.15, 0.2) is 0 Å². The average Bonchev–Trinajstić information content (AvgIpc) is 2.64. The van der Waals surface area contributed by atoms with E-state index in [0.29, 0.717) is 6.54 Å². The maximum Gasteiger partial charge on any atom is 0.335 e. The van der Waals surface area contributed by atoms with E-state index < -0.39 is 21.5 Å².